The van der Waals surface area contributed by atoms with Gasteiger partial charge in [0.05, 0.1) is 17.2 Å². The van der Waals surface area contributed by atoms with Gasteiger partial charge in [0, 0.05) is 24.2 Å². The molecule has 1 aromatic heterocycles. The standard InChI is InChI=1S/C18H29N3O3/c1-7-21-10-13(12(3)20-21)11(2)19-15(22)14-8-9-18(6,16(23)24)17(14,4)5/h10-11,14H,7-9H2,1-6H3,(H,19,22)(H,23,24)/t11-,14-,18-/m0/s1. The maximum absolute atomic E-state index is 12.8. The maximum Gasteiger partial charge on any atom is 0.309 e. The number of aromatic nitrogens is 2. The monoisotopic (exact) mass is 335 g/mol. The van der Waals surface area contributed by atoms with E-state index in [1.54, 1.807) is 6.92 Å². The second-order valence-electron chi connectivity index (χ2n) is 7.71. The first-order chi connectivity index (χ1) is 11.0. The lowest BCUT2D eigenvalue weighted by Crippen LogP contribution is -2.45. The molecule has 6 heteroatoms. The lowest BCUT2D eigenvalue weighted by atomic mass is 9.65. The van der Waals surface area contributed by atoms with E-state index in [9.17, 15) is 14.7 Å². The van der Waals surface area contributed by atoms with Crippen LogP contribution in [0, 0.1) is 23.7 Å². The third-order valence-electron chi connectivity index (χ3n) is 6.15. The molecule has 6 nitrogen and oxygen atoms in total. The van der Waals surface area contributed by atoms with Crippen molar-refractivity contribution < 1.29 is 14.7 Å². The highest BCUT2D eigenvalue weighted by atomic mass is 16.4. The molecule has 0 saturated heterocycles. The lowest BCUT2D eigenvalue weighted by Gasteiger charge is -2.38. The number of amides is 1. The first kappa shape index (κ1) is 18.5. The summed E-state index contributed by atoms with van der Waals surface area (Å²) in [6.07, 6.45) is 3.08. The van der Waals surface area contributed by atoms with Gasteiger partial charge in [-0.05, 0) is 46.0 Å². The predicted octanol–water partition coefficient (Wildman–Crippen LogP) is 2.92. The molecule has 1 heterocycles. The van der Waals surface area contributed by atoms with Crippen LogP contribution in [0.25, 0.3) is 0 Å². The number of carbonyl (C=O) groups is 2. The van der Waals surface area contributed by atoms with E-state index in [4.69, 9.17) is 0 Å². The highest BCUT2D eigenvalue weighted by molar-refractivity contribution is 5.84. The molecular formula is C18H29N3O3. The quantitative estimate of drug-likeness (QED) is 0.866. The van der Waals surface area contributed by atoms with Gasteiger partial charge < -0.3 is 10.4 Å². The smallest absolute Gasteiger partial charge is 0.309 e. The molecule has 134 valence electrons. The van der Waals surface area contributed by atoms with Crippen molar-refractivity contribution in [3.63, 3.8) is 0 Å². The normalized spacial score (nSPS) is 27.0. The Balaban J connectivity index is 2.15. The van der Waals surface area contributed by atoms with E-state index in [0.717, 1.165) is 17.8 Å². The van der Waals surface area contributed by atoms with Gasteiger partial charge >= 0.3 is 5.97 Å². The van der Waals surface area contributed by atoms with Crippen LogP contribution in [-0.4, -0.2) is 26.8 Å². The highest BCUT2D eigenvalue weighted by Crippen LogP contribution is 2.56. The first-order valence-electron chi connectivity index (χ1n) is 8.62. The molecule has 0 aliphatic heterocycles. The Bertz CT molecular complexity index is 650. The van der Waals surface area contributed by atoms with Crippen molar-refractivity contribution in [1.82, 2.24) is 15.1 Å². The molecule has 0 radical (unpaired) electrons. The molecule has 1 aromatic rings. The number of carbonyl (C=O) groups excluding carboxylic acids is 1. The predicted molar refractivity (Wildman–Crippen MR) is 91.4 cm³/mol. The van der Waals surface area contributed by atoms with Crippen molar-refractivity contribution in [3.8, 4) is 0 Å². The Labute approximate surface area is 143 Å². The fraction of sp³-hybridized carbons (Fsp3) is 0.722. The fourth-order valence-corrected chi connectivity index (χ4v) is 3.85. The SMILES string of the molecule is CCn1cc([C@H](C)NC(=O)[C@@H]2CC[C@@](C)(C(=O)O)C2(C)C)c(C)n1. The number of nitrogens with zero attached hydrogens (tertiary/aromatic N) is 2. The Morgan fingerprint density at radius 1 is 1.46 bits per heavy atom. The van der Waals surface area contributed by atoms with Crippen molar-refractivity contribution in [3.05, 3.63) is 17.5 Å². The van der Waals surface area contributed by atoms with Gasteiger partial charge in [0.1, 0.15) is 0 Å². The van der Waals surface area contributed by atoms with Crippen LogP contribution in [0.3, 0.4) is 0 Å². The zero-order chi connectivity index (χ0) is 18.3. The van der Waals surface area contributed by atoms with Crippen LogP contribution in [0.1, 0.15) is 64.8 Å². The summed E-state index contributed by atoms with van der Waals surface area (Å²) in [6.45, 7) is 12.2. The van der Waals surface area contributed by atoms with E-state index >= 15 is 0 Å². The van der Waals surface area contributed by atoms with Crippen LogP contribution < -0.4 is 5.32 Å². The second-order valence-corrected chi connectivity index (χ2v) is 7.71. The van der Waals surface area contributed by atoms with E-state index in [1.807, 2.05) is 45.5 Å². The van der Waals surface area contributed by atoms with Gasteiger partial charge in [-0.1, -0.05) is 13.8 Å². The minimum absolute atomic E-state index is 0.0684. The van der Waals surface area contributed by atoms with E-state index in [-0.39, 0.29) is 17.9 Å². The fourth-order valence-electron chi connectivity index (χ4n) is 3.85. The Morgan fingerprint density at radius 3 is 2.54 bits per heavy atom. The van der Waals surface area contributed by atoms with Crippen molar-refractivity contribution >= 4 is 11.9 Å². The van der Waals surface area contributed by atoms with E-state index in [2.05, 4.69) is 10.4 Å². The van der Waals surface area contributed by atoms with Gasteiger partial charge in [-0.15, -0.1) is 0 Å². The summed E-state index contributed by atoms with van der Waals surface area (Å²) in [6, 6.07) is -0.148. The van der Waals surface area contributed by atoms with Crippen molar-refractivity contribution in [2.75, 3.05) is 0 Å². The summed E-state index contributed by atoms with van der Waals surface area (Å²) in [5, 5.41) is 17.1. The zero-order valence-corrected chi connectivity index (χ0v) is 15.5. The number of nitrogens with one attached hydrogen (secondary N) is 1. The van der Waals surface area contributed by atoms with E-state index in [0.29, 0.717) is 12.8 Å². The molecule has 0 bridgehead atoms. The number of rotatable bonds is 5. The van der Waals surface area contributed by atoms with Crippen LogP contribution in [-0.2, 0) is 16.1 Å². The summed E-state index contributed by atoms with van der Waals surface area (Å²) >= 11 is 0. The summed E-state index contributed by atoms with van der Waals surface area (Å²) in [7, 11) is 0. The largest absolute Gasteiger partial charge is 0.481 e. The van der Waals surface area contributed by atoms with Gasteiger partial charge in [0.15, 0.2) is 0 Å². The molecule has 1 aliphatic rings. The van der Waals surface area contributed by atoms with Crippen molar-refractivity contribution in [1.29, 1.82) is 0 Å². The molecule has 3 atom stereocenters. The topological polar surface area (TPSA) is 84.2 Å². The van der Waals surface area contributed by atoms with E-state index in [1.165, 1.54) is 0 Å². The van der Waals surface area contributed by atoms with Crippen LogP contribution in [0.4, 0.5) is 0 Å². The number of aryl methyl sites for hydroxylation is 2. The lowest BCUT2D eigenvalue weighted by molar-refractivity contribution is -0.155. The average molecular weight is 335 g/mol. The number of aliphatic carboxylic acids is 1. The molecule has 1 amide bonds. The Morgan fingerprint density at radius 2 is 2.08 bits per heavy atom. The summed E-state index contributed by atoms with van der Waals surface area (Å²) in [5.41, 5.74) is 0.444. The number of hydrogen-bond acceptors (Lipinski definition) is 3. The van der Waals surface area contributed by atoms with Crippen LogP contribution in [0.15, 0.2) is 6.20 Å². The molecule has 0 unspecified atom stereocenters. The highest BCUT2D eigenvalue weighted by Gasteiger charge is 2.58. The van der Waals surface area contributed by atoms with Gasteiger partial charge in [-0.3, -0.25) is 14.3 Å². The van der Waals surface area contributed by atoms with Gasteiger partial charge in [-0.2, -0.15) is 5.10 Å². The van der Waals surface area contributed by atoms with Crippen molar-refractivity contribution in [2.45, 2.75) is 67.0 Å². The maximum atomic E-state index is 12.8. The van der Waals surface area contributed by atoms with Gasteiger partial charge in [0.25, 0.3) is 0 Å². The Hall–Kier alpha value is -1.85. The zero-order valence-electron chi connectivity index (χ0n) is 15.5. The summed E-state index contributed by atoms with van der Waals surface area (Å²) in [5.74, 6) is -1.19. The molecule has 2 N–H and O–H groups in total. The Kier molecular flexibility index (Phi) is 4.79. The molecule has 0 spiro atoms. The number of hydrogen-bond donors (Lipinski definition) is 2. The van der Waals surface area contributed by atoms with Crippen LogP contribution >= 0.6 is 0 Å². The van der Waals surface area contributed by atoms with Gasteiger partial charge in [-0.25, -0.2) is 0 Å². The molecule has 24 heavy (non-hydrogen) atoms. The molecule has 1 saturated carbocycles. The second kappa shape index (κ2) is 6.22. The molecular weight excluding hydrogens is 306 g/mol. The number of carboxylic acid groups (broad SMARTS) is 1. The van der Waals surface area contributed by atoms with Crippen LogP contribution in [0.2, 0.25) is 0 Å². The third kappa shape index (κ3) is 2.82. The third-order valence-corrected chi connectivity index (χ3v) is 6.15. The molecule has 1 aliphatic carbocycles. The molecule has 0 aromatic carbocycles. The molecule has 1 fully saturated rings. The summed E-state index contributed by atoms with van der Waals surface area (Å²) in [4.78, 5) is 24.5. The first-order valence-corrected chi connectivity index (χ1v) is 8.62. The van der Waals surface area contributed by atoms with Crippen molar-refractivity contribution in [2.24, 2.45) is 16.7 Å². The summed E-state index contributed by atoms with van der Waals surface area (Å²) < 4.78 is 1.86. The van der Waals surface area contributed by atoms with Crippen LogP contribution in [0.5, 0.6) is 0 Å². The average Bonchev–Trinajstić information content (AvgIpc) is 2.98. The number of carboxylic acids is 1. The minimum Gasteiger partial charge on any atom is -0.481 e. The van der Waals surface area contributed by atoms with Gasteiger partial charge in [0.2, 0.25) is 5.91 Å². The minimum atomic E-state index is -0.874. The van der Waals surface area contributed by atoms with E-state index < -0.39 is 16.8 Å². The molecule has 2 rings (SSSR count).